The molecule has 2 aromatic carbocycles. The van der Waals surface area contributed by atoms with E-state index in [1.165, 1.54) is 24.6 Å². The third kappa shape index (κ3) is 4.25. The summed E-state index contributed by atoms with van der Waals surface area (Å²) in [5.74, 6) is 0.696. The third-order valence-corrected chi connectivity index (χ3v) is 7.44. The maximum absolute atomic E-state index is 13.5. The van der Waals surface area contributed by atoms with Gasteiger partial charge in [-0.1, -0.05) is 48.9 Å². The first-order valence-electron chi connectivity index (χ1n) is 11.6. The Morgan fingerprint density at radius 2 is 1.88 bits per heavy atom. The zero-order valence-electron chi connectivity index (χ0n) is 19.3. The maximum Gasteiger partial charge on any atom is 0.266 e. The van der Waals surface area contributed by atoms with Crippen LogP contribution in [0.25, 0.3) is 16.6 Å². The van der Waals surface area contributed by atoms with E-state index in [-0.39, 0.29) is 17.2 Å². The van der Waals surface area contributed by atoms with Gasteiger partial charge in [-0.15, -0.1) is 0 Å². The summed E-state index contributed by atoms with van der Waals surface area (Å²) in [7, 11) is 0. The molecule has 0 saturated heterocycles. The highest BCUT2D eigenvalue weighted by atomic mass is 32.2. The molecule has 0 bridgehead atoms. The van der Waals surface area contributed by atoms with E-state index in [1.807, 2.05) is 61.0 Å². The van der Waals surface area contributed by atoms with E-state index in [4.69, 9.17) is 4.98 Å². The van der Waals surface area contributed by atoms with Crippen LogP contribution in [-0.2, 0) is 4.79 Å². The fraction of sp³-hybridized carbons (Fsp3) is 0.308. The number of para-hydroxylation sites is 1. The Kier molecular flexibility index (Phi) is 6.24. The van der Waals surface area contributed by atoms with Crippen LogP contribution in [0, 0.1) is 13.8 Å². The van der Waals surface area contributed by atoms with Gasteiger partial charge >= 0.3 is 0 Å². The summed E-state index contributed by atoms with van der Waals surface area (Å²) in [6.45, 7) is 4.02. The fourth-order valence-corrected chi connectivity index (χ4v) is 5.37. The second kappa shape index (κ2) is 9.46. The van der Waals surface area contributed by atoms with E-state index in [0.717, 1.165) is 35.5 Å². The molecule has 1 saturated carbocycles. The lowest BCUT2D eigenvalue weighted by molar-refractivity contribution is -0.113. The lowest BCUT2D eigenvalue weighted by atomic mass is 10.1. The number of carbonyl (C=O) groups excluding carboxylic acids is 1. The molecule has 0 unspecified atom stereocenters. The van der Waals surface area contributed by atoms with Gasteiger partial charge in [0.05, 0.1) is 34.6 Å². The molecular weight excluding hydrogens is 446 g/mol. The number of hydrogen-bond donors (Lipinski definition) is 1. The van der Waals surface area contributed by atoms with E-state index in [2.05, 4.69) is 10.4 Å². The number of nitrogens with zero attached hydrogens (tertiary/aromatic N) is 4. The van der Waals surface area contributed by atoms with Crippen molar-refractivity contribution in [1.29, 1.82) is 0 Å². The lowest BCUT2D eigenvalue weighted by Gasteiger charge is -2.17. The van der Waals surface area contributed by atoms with Gasteiger partial charge in [-0.2, -0.15) is 5.10 Å². The number of hydrogen-bond acceptors (Lipinski definition) is 5. The van der Waals surface area contributed by atoms with Gasteiger partial charge in [0.25, 0.3) is 5.56 Å². The maximum atomic E-state index is 13.5. The van der Waals surface area contributed by atoms with Crippen molar-refractivity contribution in [3.8, 4) is 5.69 Å². The van der Waals surface area contributed by atoms with Crippen LogP contribution >= 0.6 is 11.8 Å². The second-order valence-corrected chi connectivity index (χ2v) is 9.65. The molecule has 1 aliphatic rings. The number of carbonyl (C=O) groups is 1. The summed E-state index contributed by atoms with van der Waals surface area (Å²) < 4.78 is 3.56. The molecule has 0 spiro atoms. The van der Waals surface area contributed by atoms with Crippen molar-refractivity contribution in [3.05, 3.63) is 76.2 Å². The summed E-state index contributed by atoms with van der Waals surface area (Å²) in [5.41, 5.74) is 3.36. The van der Waals surface area contributed by atoms with Crippen LogP contribution in [0.4, 0.5) is 5.82 Å². The van der Waals surface area contributed by atoms with Crippen molar-refractivity contribution in [3.63, 3.8) is 0 Å². The number of anilines is 1. The van der Waals surface area contributed by atoms with Gasteiger partial charge in [0.2, 0.25) is 5.91 Å². The number of fused-ring (bicyclic) bond motifs is 1. The Morgan fingerprint density at radius 3 is 2.71 bits per heavy atom. The highest BCUT2D eigenvalue weighted by molar-refractivity contribution is 7.99. The molecule has 1 aliphatic carbocycles. The van der Waals surface area contributed by atoms with E-state index in [9.17, 15) is 9.59 Å². The van der Waals surface area contributed by atoms with Gasteiger partial charge in [-0.3, -0.25) is 14.2 Å². The first-order chi connectivity index (χ1) is 16.5. The topological polar surface area (TPSA) is 81.8 Å². The average Bonchev–Trinajstić information content (AvgIpc) is 3.52. The molecule has 1 fully saturated rings. The van der Waals surface area contributed by atoms with Crippen molar-refractivity contribution in [2.45, 2.75) is 50.7 Å². The molecule has 0 atom stereocenters. The predicted octanol–water partition coefficient (Wildman–Crippen LogP) is 5.04. The Morgan fingerprint density at radius 1 is 1.09 bits per heavy atom. The predicted molar refractivity (Wildman–Crippen MR) is 136 cm³/mol. The lowest BCUT2D eigenvalue weighted by Crippen LogP contribution is -2.24. The normalized spacial score (nSPS) is 14.1. The number of aromatic nitrogens is 4. The van der Waals surface area contributed by atoms with Crippen LogP contribution in [0.3, 0.4) is 0 Å². The van der Waals surface area contributed by atoms with Crippen molar-refractivity contribution >= 4 is 34.4 Å². The molecule has 1 N–H and O–H groups in total. The number of rotatable bonds is 6. The van der Waals surface area contributed by atoms with Crippen LogP contribution in [-0.4, -0.2) is 31.0 Å². The van der Waals surface area contributed by atoms with Gasteiger partial charge in [0.15, 0.2) is 5.16 Å². The van der Waals surface area contributed by atoms with E-state index < -0.39 is 0 Å². The Labute approximate surface area is 202 Å². The zero-order chi connectivity index (χ0) is 23.7. The minimum absolute atomic E-state index is 0.130. The first kappa shape index (κ1) is 22.4. The van der Waals surface area contributed by atoms with E-state index >= 15 is 0 Å². The molecule has 34 heavy (non-hydrogen) atoms. The Bertz CT molecular complexity index is 1420. The molecule has 0 radical (unpaired) electrons. The number of aryl methyl sites for hydroxylation is 1. The van der Waals surface area contributed by atoms with Crippen LogP contribution in [0.2, 0.25) is 0 Å². The Hall–Kier alpha value is -3.39. The van der Waals surface area contributed by atoms with Gasteiger partial charge in [-0.05, 0) is 56.0 Å². The van der Waals surface area contributed by atoms with Crippen molar-refractivity contribution in [2.75, 3.05) is 11.1 Å². The standard InChI is InChI=1S/C26H27N5O2S/c1-17-8-7-13-22(18(17)2)30-25(33)20-11-5-6-12-21(20)28-26(30)34-16-24(32)29-23-14-15-27-31(23)19-9-3-4-10-19/h5-8,11-15,19H,3-4,9-10,16H2,1-2H3,(H,29,32). The van der Waals surface area contributed by atoms with Crippen LogP contribution in [0.1, 0.15) is 42.9 Å². The summed E-state index contributed by atoms with van der Waals surface area (Å²) in [6, 6.07) is 15.4. The van der Waals surface area contributed by atoms with Gasteiger partial charge in [0, 0.05) is 6.07 Å². The molecule has 4 aromatic rings. The molecule has 174 valence electrons. The van der Waals surface area contributed by atoms with Crippen LogP contribution in [0.15, 0.2) is 64.7 Å². The highest BCUT2D eigenvalue weighted by Crippen LogP contribution is 2.31. The third-order valence-electron chi connectivity index (χ3n) is 6.50. The number of nitrogens with one attached hydrogen (secondary N) is 1. The SMILES string of the molecule is Cc1cccc(-n2c(SCC(=O)Nc3ccnn3C3CCCC3)nc3ccccc3c2=O)c1C. The fourth-order valence-electron chi connectivity index (χ4n) is 4.56. The molecule has 8 heteroatoms. The molecule has 2 heterocycles. The smallest absolute Gasteiger partial charge is 0.266 e. The molecule has 2 aromatic heterocycles. The molecule has 5 rings (SSSR count). The van der Waals surface area contributed by atoms with Gasteiger partial charge in [0.1, 0.15) is 5.82 Å². The first-order valence-corrected chi connectivity index (χ1v) is 12.6. The average molecular weight is 474 g/mol. The molecule has 1 amide bonds. The van der Waals surface area contributed by atoms with Gasteiger partial charge < -0.3 is 5.32 Å². The number of thioether (sulfide) groups is 1. The van der Waals surface area contributed by atoms with Crippen LogP contribution < -0.4 is 10.9 Å². The van der Waals surface area contributed by atoms with Gasteiger partial charge in [-0.25, -0.2) is 9.67 Å². The zero-order valence-corrected chi connectivity index (χ0v) is 20.1. The van der Waals surface area contributed by atoms with Crippen LogP contribution in [0.5, 0.6) is 0 Å². The summed E-state index contributed by atoms with van der Waals surface area (Å²) in [5, 5.41) is 8.47. The van der Waals surface area contributed by atoms with Crippen molar-refractivity contribution in [2.24, 2.45) is 0 Å². The van der Waals surface area contributed by atoms with E-state index in [1.54, 1.807) is 16.8 Å². The largest absolute Gasteiger partial charge is 0.310 e. The second-order valence-electron chi connectivity index (χ2n) is 8.71. The van der Waals surface area contributed by atoms with Crippen molar-refractivity contribution < 1.29 is 4.79 Å². The minimum atomic E-state index is -0.153. The summed E-state index contributed by atoms with van der Waals surface area (Å²) in [4.78, 5) is 31.1. The summed E-state index contributed by atoms with van der Waals surface area (Å²) in [6.07, 6.45) is 6.28. The highest BCUT2D eigenvalue weighted by Gasteiger charge is 2.21. The summed E-state index contributed by atoms with van der Waals surface area (Å²) >= 11 is 1.26. The molecule has 0 aliphatic heterocycles. The minimum Gasteiger partial charge on any atom is -0.310 e. The van der Waals surface area contributed by atoms with E-state index in [0.29, 0.717) is 22.1 Å². The number of benzene rings is 2. The quantitative estimate of drug-likeness (QED) is 0.313. The molecule has 7 nitrogen and oxygen atoms in total. The monoisotopic (exact) mass is 473 g/mol. The Balaban J connectivity index is 1.45. The van der Waals surface area contributed by atoms with Crippen molar-refractivity contribution in [1.82, 2.24) is 19.3 Å². The number of amides is 1. The molecular formula is C26H27N5O2S.